The number of aliphatic hydroxyl groups excluding tert-OH is 1. The zero-order chi connectivity index (χ0) is 18.1. The predicted octanol–water partition coefficient (Wildman–Crippen LogP) is 2.44. The molecule has 1 N–H and O–H groups in total. The fourth-order valence-electron chi connectivity index (χ4n) is 2.57. The summed E-state index contributed by atoms with van der Waals surface area (Å²) >= 11 is 0. The lowest BCUT2D eigenvalue weighted by molar-refractivity contribution is -0.178. The number of rotatable bonds is 9. The molecule has 2 rings (SSSR count). The van der Waals surface area contributed by atoms with E-state index < -0.39 is 12.0 Å². The van der Waals surface area contributed by atoms with E-state index in [-0.39, 0.29) is 12.5 Å². The van der Waals surface area contributed by atoms with Gasteiger partial charge in [-0.2, -0.15) is 0 Å². The van der Waals surface area contributed by atoms with Gasteiger partial charge in [0.25, 0.3) is 5.91 Å². The third-order valence-corrected chi connectivity index (χ3v) is 4.06. The van der Waals surface area contributed by atoms with Crippen LogP contribution in [0.3, 0.4) is 0 Å². The summed E-state index contributed by atoms with van der Waals surface area (Å²) in [6, 6.07) is 19.3. The summed E-state index contributed by atoms with van der Waals surface area (Å²) in [5.74, 6) is -0.912. The second-order valence-corrected chi connectivity index (χ2v) is 5.88. The Morgan fingerprint density at radius 3 is 2.16 bits per heavy atom. The lowest BCUT2D eigenvalue weighted by Crippen LogP contribution is -2.41. The van der Waals surface area contributed by atoms with Crippen LogP contribution in [0, 0.1) is 5.92 Å². The number of aliphatic hydroxyl groups is 1. The van der Waals surface area contributed by atoms with E-state index in [0.29, 0.717) is 13.0 Å². The van der Waals surface area contributed by atoms with Gasteiger partial charge in [0.1, 0.15) is 0 Å². The molecule has 0 fully saturated rings. The van der Waals surface area contributed by atoms with Gasteiger partial charge in [0.15, 0.2) is 0 Å². The number of amides is 1. The Kier molecular flexibility index (Phi) is 7.60. The molecule has 0 aliphatic heterocycles. The number of carbonyl (C=O) groups is 1. The minimum atomic E-state index is -0.922. The van der Waals surface area contributed by atoms with Crippen LogP contribution in [0.15, 0.2) is 60.7 Å². The summed E-state index contributed by atoms with van der Waals surface area (Å²) in [6.07, 6.45) is -0.502. The Morgan fingerprint density at radius 1 is 1.04 bits per heavy atom. The molecule has 134 valence electrons. The zero-order valence-electron chi connectivity index (χ0n) is 14.7. The van der Waals surface area contributed by atoms with Crippen molar-refractivity contribution in [2.75, 3.05) is 20.8 Å². The first-order chi connectivity index (χ1) is 12.1. The average Bonchev–Trinajstić information content (AvgIpc) is 2.66. The van der Waals surface area contributed by atoms with Gasteiger partial charge in [-0.3, -0.25) is 9.63 Å². The molecule has 1 amide bonds. The van der Waals surface area contributed by atoms with Crippen molar-refractivity contribution in [2.24, 2.45) is 5.92 Å². The minimum Gasteiger partial charge on any atom is -0.390 e. The zero-order valence-corrected chi connectivity index (χ0v) is 14.7. The summed E-state index contributed by atoms with van der Waals surface area (Å²) in [6.45, 7) is 0.472. The molecule has 0 aliphatic carbocycles. The van der Waals surface area contributed by atoms with Crippen molar-refractivity contribution in [1.82, 2.24) is 5.06 Å². The molecule has 0 radical (unpaired) electrons. The maximum absolute atomic E-state index is 12.5. The molecular weight excluding hydrogens is 318 g/mol. The molecular formula is C20H25NO4. The van der Waals surface area contributed by atoms with Crippen molar-refractivity contribution in [1.29, 1.82) is 0 Å². The third kappa shape index (κ3) is 5.98. The monoisotopic (exact) mass is 343 g/mol. The molecule has 0 aromatic heterocycles. The average molecular weight is 343 g/mol. The number of hydrogen-bond acceptors (Lipinski definition) is 4. The Bertz CT molecular complexity index is 633. The molecule has 2 atom stereocenters. The van der Waals surface area contributed by atoms with Crippen LogP contribution in [0.25, 0.3) is 0 Å². The molecule has 0 bridgehead atoms. The van der Waals surface area contributed by atoms with Gasteiger partial charge < -0.3 is 9.84 Å². The second kappa shape index (κ2) is 9.93. The van der Waals surface area contributed by atoms with Gasteiger partial charge in [-0.25, -0.2) is 5.06 Å². The van der Waals surface area contributed by atoms with Crippen LogP contribution in [-0.2, 0) is 27.4 Å². The minimum absolute atomic E-state index is 0.0791. The Hall–Kier alpha value is -2.21. The van der Waals surface area contributed by atoms with E-state index >= 15 is 0 Å². The fraction of sp³-hybridized carbons (Fsp3) is 0.350. The summed E-state index contributed by atoms with van der Waals surface area (Å²) in [7, 11) is 2.97. The lowest BCUT2D eigenvalue weighted by atomic mass is 9.93. The SMILES string of the molecule is CON(C)C(=O)[C@@H](Cc1ccccc1)[C@H](O)COCc1ccccc1. The Morgan fingerprint density at radius 2 is 1.60 bits per heavy atom. The van der Waals surface area contributed by atoms with Crippen LogP contribution in [0.4, 0.5) is 0 Å². The van der Waals surface area contributed by atoms with Crippen molar-refractivity contribution in [3.8, 4) is 0 Å². The molecule has 0 aliphatic rings. The van der Waals surface area contributed by atoms with E-state index in [1.807, 2.05) is 60.7 Å². The van der Waals surface area contributed by atoms with Crippen molar-refractivity contribution in [3.63, 3.8) is 0 Å². The highest BCUT2D eigenvalue weighted by atomic mass is 16.7. The van der Waals surface area contributed by atoms with Crippen molar-refractivity contribution in [3.05, 3.63) is 71.8 Å². The number of nitrogens with zero attached hydrogens (tertiary/aromatic N) is 1. The first-order valence-corrected chi connectivity index (χ1v) is 8.27. The maximum Gasteiger partial charge on any atom is 0.251 e. The van der Waals surface area contributed by atoms with E-state index in [2.05, 4.69) is 0 Å². The summed E-state index contributed by atoms with van der Waals surface area (Å²) in [5.41, 5.74) is 2.00. The van der Waals surface area contributed by atoms with Crippen LogP contribution in [0.2, 0.25) is 0 Å². The van der Waals surface area contributed by atoms with Gasteiger partial charge in [0.05, 0.1) is 32.3 Å². The van der Waals surface area contributed by atoms with Crippen LogP contribution >= 0.6 is 0 Å². The smallest absolute Gasteiger partial charge is 0.251 e. The normalized spacial score (nSPS) is 13.2. The van der Waals surface area contributed by atoms with Crippen molar-refractivity contribution in [2.45, 2.75) is 19.1 Å². The van der Waals surface area contributed by atoms with E-state index in [1.54, 1.807) is 0 Å². The molecule has 0 saturated carbocycles. The highest BCUT2D eigenvalue weighted by Gasteiger charge is 2.30. The molecule has 0 unspecified atom stereocenters. The van der Waals surface area contributed by atoms with Gasteiger partial charge in [0.2, 0.25) is 0 Å². The molecule has 5 nitrogen and oxygen atoms in total. The number of hydroxylamine groups is 2. The molecule has 2 aromatic rings. The molecule has 2 aromatic carbocycles. The number of hydrogen-bond donors (Lipinski definition) is 1. The van der Waals surface area contributed by atoms with E-state index in [1.165, 1.54) is 14.2 Å². The quantitative estimate of drug-likeness (QED) is 0.711. The molecule has 0 spiro atoms. The van der Waals surface area contributed by atoms with Crippen LogP contribution in [0.1, 0.15) is 11.1 Å². The largest absolute Gasteiger partial charge is 0.390 e. The topological polar surface area (TPSA) is 59.0 Å². The Labute approximate surface area is 148 Å². The molecule has 5 heteroatoms. The molecule has 0 heterocycles. The number of carbonyl (C=O) groups excluding carboxylic acids is 1. The van der Waals surface area contributed by atoms with Gasteiger partial charge in [0, 0.05) is 7.05 Å². The van der Waals surface area contributed by atoms with Gasteiger partial charge in [-0.1, -0.05) is 60.7 Å². The summed E-state index contributed by atoms with van der Waals surface area (Å²) < 4.78 is 5.60. The van der Waals surface area contributed by atoms with Crippen molar-refractivity contribution < 1.29 is 19.5 Å². The Balaban J connectivity index is 1.99. The standard InChI is InChI=1S/C20H25NO4/c1-21(24-2)20(23)18(13-16-9-5-3-6-10-16)19(22)15-25-14-17-11-7-4-8-12-17/h3-12,18-19,22H,13-15H2,1-2H3/t18-,19+/m0/s1. The molecule has 0 saturated heterocycles. The highest BCUT2D eigenvalue weighted by molar-refractivity contribution is 5.78. The fourth-order valence-corrected chi connectivity index (χ4v) is 2.57. The number of ether oxygens (including phenoxy) is 1. The summed E-state index contributed by atoms with van der Waals surface area (Å²) in [5, 5.41) is 11.7. The van der Waals surface area contributed by atoms with E-state index in [9.17, 15) is 9.90 Å². The highest BCUT2D eigenvalue weighted by Crippen LogP contribution is 2.17. The van der Waals surface area contributed by atoms with Gasteiger partial charge in [-0.05, 0) is 17.5 Å². The van der Waals surface area contributed by atoms with Gasteiger partial charge in [-0.15, -0.1) is 0 Å². The summed E-state index contributed by atoms with van der Waals surface area (Å²) in [4.78, 5) is 17.5. The first kappa shape index (κ1) is 19.1. The lowest BCUT2D eigenvalue weighted by Gasteiger charge is -2.26. The second-order valence-electron chi connectivity index (χ2n) is 5.88. The van der Waals surface area contributed by atoms with Crippen LogP contribution in [-0.4, -0.2) is 42.9 Å². The van der Waals surface area contributed by atoms with E-state index in [4.69, 9.17) is 9.57 Å². The van der Waals surface area contributed by atoms with Crippen molar-refractivity contribution >= 4 is 5.91 Å². The van der Waals surface area contributed by atoms with Crippen LogP contribution in [0.5, 0.6) is 0 Å². The first-order valence-electron chi connectivity index (χ1n) is 8.27. The molecule has 25 heavy (non-hydrogen) atoms. The van der Waals surface area contributed by atoms with Gasteiger partial charge >= 0.3 is 0 Å². The predicted molar refractivity (Wildman–Crippen MR) is 95.5 cm³/mol. The van der Waals surface area contributed by atoms with Crippen LogP contribution < -0.4 is 0 Å². The third-order valence-electron chi connectivity index (χ3n) is 4.06. The van der Waals surface area contributed by atoms with E-state index in [0.717, 1.165) is 16.2 Å². The number of benzene rings is 2. The maximum atomic E-state index is 12.5.